The summed E-state index contributed by atoms with van der Waals surface area (Å²) in [5.74, 6) is 0.895. The van der Waals surface area contributed by atoms with E-state index in [9.17, 15) is 10.2 Å². The molecule has 1 aliphatic carbocycles. The van der Waals surface area contributed by atoms with Gasteiger partial charge in [0.15, 0.2) is 5.82 Å². The number of fused-ring (bicyclic) bond motifs is 3. The number of hydrogen-bond acceptors (Lipinski definition) is 12. The lowest BCUT2D eigenvalue weighted by atomic mass is 9.75. The molecule has 2 aromatic carbocycles. The van der Waals surface area contributed by atoms with Crippen molar-refractivity contribution in [1.82, 2.24) is 24.2 Å². The van der Waals surface area contributed by atoms with E-state index < -0.39 is 17.2 Å². The Balaban J connectivity index is 1.27. The number of rotatable bonds is 8. The highest BCUT2D eigenvalue weighted by Gasteiger charge is 2.48. The molecule has 3 fully saturated rings. The van der Waals surface area contributed by atoms with Crippen LogP contribution in [0.4, 0.5) is 14.6 Å². The third-order valence-corrected chi connectivity index (χ3v) is 11.5. The van der Waals surface area contributed by atoms with Gasteiger partial charge in [0.1, 0.15) is 39.6 Å². The fourth-order valence-corrected chi connectivity index (χ4v) is 9.14. The van der Waals surface area contributed by atoms with E-state index in [1.54, 1.807) is 11.8 Å². The molecule has 11 nitrogen and oxygen atoms in total. The van der Waals surface area contributed by atoms with Gasteiger partial charge in [-0.15, -0.1) is 6.42 Å². The van der Waals surface area contributed by atoms with Crippen LogP contribution in [0.25, 0.3) is 32.9 Å². The number of likely N-dealkylation sites (tertiary alicyclic amines) is 1. The van der Waals surface area contributed by atoms with Crippen LogP contribution in [0.1, 0.15) is 50.2 Å². The molecule has 3 aromatic heterocycles. The third-order valence-electron chi connectivity index (χ3n) is 10.9. The number of pyridine rings is 1. The average Bonchev–Trinajstić information content (AvgIpc) is 3.79. The van der Waals surface area contributed by atoms with Crippen LogP contribution in [0.5, 0.6) is 17.6 Å². The summed E-state index contributed by atoms with van der Waals surface area (Å²) in [7, 11) is 1.40. The van der Waals surface area contributed by atoms with Crippen molar-refractivity contribution in [1.29, 1.82) is 0 Å². The summed E-state index contributed by atoms with van der Waals surface area (Å²) in [5.41, 5.74) is -0.626. The van der Waals surface area contributed by atoms with Crippen molar-refractivity contribution in [2.45, 2.75) is 57.2 Å². The number of benzene rings is 2. The molecule has 2 saturated heterocycles. The maximum atomic E-state index is 17.3. The Hall–Kier alpha value is -4.68. The zero-order valence-electron chi connectivity index (χ0n) is 29.6. The monoisotopic (exact) mass is 742 g/mol. The second-order valence-corrected chi connectivity index (χ2v) is 15.3. The standard InChI is InChI=1S/C39H40F2N6O5S/c1-4-26-28(40)9-8-24-15-25(48)16-27(30(24)26)33-32(41)34-31(36(43-33)50-3)35(47-13-14-51-21-38(2,49)20-47)45-37(44-34)52-22-39-10-5-7-29(39)46(12-6-11-39)18-23-17-42-53-19-23/h1,8-9,15-17,19,29,48-49H,5-7,10-14,18,20-22H2,2-3H3/t29-,38+,39-/m1/s1. The minimum atomic E-state index is -1.25. The van der Waals surface area contributed by atoms with E-state index in [4.69, 9.17) is 25.6 Å². The van der Waals surface area contributed by atoms with Crippen LogP contribution in [0.3, 0.4) is 0 Å². The van der Waals surface area contributed by atoms with Gasteiger partial charge < -0.3 is 29.3 Å². The van der Waals surface area contributed by atoms with Crippen molar-refractivity contribution in [3.05, 3.63) is 58.6 Å². The topological polar surface area (TPSA) is 126 Å². The van der Waals surface area contributed by atoms with Gasteiger partial charge in [-0.05, 0) is 79.8 Å². The summed E-state index contributed by atoms with van der Waals surface area (Å²) in [6.45, 7) is 4.64. The van der Waals surface area contributed by atoms with Crippen LogP contribution >= 0.6 is 11.5 Å². The van der Waals surface area contributed by atoms with Crippen molar-refractivity contribution in [3.8, 4) is 41.2 Å². The lowest BCUT2D eigenvalue weighted by Crippen LogP contribution is -2.51. The first-order chi connectivity index (χ1) is 25.6. The Kier molecular flexibility index (Phi) is 9.30. The van der Waals surface area contributed by atoms with E-state index in [1.807, 2.05) is 6.20 Å². The molecule has 0 radical (unpaired) electrons. The number of ether oxygens (including phenoxy) is 3. The van der Waals surface area contributed by atoms with Gasteiger partial charge in [0.25, 0.3) is 0 Å². The van der Waals surface area contributed by atoms with Crippen LogP contribution < -0.4 is 14.4 Å². The average molecular weight is 743 g/mol. The quantitative estimate of drug-likeness (QED) is 0.180. The molecule has 2 N–H and O–H groups in total. The zero-order chi connectivity index (χ0) is 36.9. The second kappa shape index (κ2) is 13.9. The number of nitrogens with zero attached hydrogens (tertiary/aromatic N) is 6. The predicted octanol–water partition coefficient (Wildman–Crippen LogP) is 6.08. The fourth-order valence-electron chi connectivity index (χ4n) is 8.61. The van der Waals surface area contributed by atoms with Gasteiger partial charge in [0.2, 0.25) is 5.88 Å². The van der Waals surface area contributed by atoms with Gasteiger partial charge in [-0.25, -0.2) is 18.1 Å². The Morgan fingerprint density at radius 3 is 2.77 bits per heavy atom. The number of piperidine rings is 1. The van der Waals surface area contributed by atoms with E-state index in [0.29, 0.717) is 24.6 Å². The fraction of sp³-hybridized carbons (Fsp3) is 0.436. The third kappa shape index (κ3) is 6.50. The number of terminal acetylenes is 1. The molecule has 0 bridgehead atoms. The highest BCUT2D eigenvalue weighted by atomic mass is 32.1. The first-order valence-corrected chi connectivity index (χ1v) is 18.6. The van der Waals surface area contributed by atoms with E-state index in [0.717, 1.165) is 45.2 Å². The van der Waals surface area contributed by atoms with Crippen LogP contribution in [0.15, 0.2) is 35.8 Å². The van der Waals surface area contributed by atoms with Gasteiger partial charge in [-0.3, -0.25) is 4.90 Å². The molecule has 2 aliphatic heterocycles. The van der Waals surface area contributed by atoms with Gasteiger partial charge >= 0.3 is 6.01 Å². The number of methoxy groups -OCH3 is 1. The first kappa shape index (κ1) is 35.4. The summed E-state index contributed by atoms with van der Waals surface area (Å²) in [5, 5.41) is 24.7. The van der Waals surface area contributed by atoms with Gasteiger partial charge in [0, 0.05) is 47.1 Å². The number of aromatic nitrogens is 4. The van der Waals surface area contributed by atoms with Crippen molar-refractivity contribution >= 4 is 39.0 Å². The maximum absolute atomic E-state index is 17.3. The molecule has 5 aromatic rings. The minimum absolute atomic E-state index is 0.0156. The summed E-state index contributed by atoms with van der Waals surface area (Å²) >= 11 is 1.45. The summed E-state index contributed by atoms with van der Waals surface area (Å²) in [6, 6.07) is 5.64. The van der Waals surface area contributed by atoms with E-state index >= 15 is 8.78 Å². The number of halogens is 2. The van der Waals surface area contributed by atoms with Crippen molar-refractivity contribution in [3.63, 3.8) is 0 Å². The largest absolute Gasteiger partial charge is 0.508 e. The molecule has 8 rings (SSSR count). The molecule has 1 saturated carbocycles. The van der Waals surface area contributed by atoms with Crippen molar-refractivity contribution in [2.24, 2.45) is 5.41 Å². The van der Waals surface area contributed by atoms with Crippen LogP contribution in [-0.4, -0.2) is 92.6 Å². The molecule has 0 unspecified atom stereocenters. The lowest BCUT2D eigenvalue weighted by Gasteiger charge is -2.46. The number of phenols is 1. The minimum Gasteiger partial charge on any atom is -0.508 e. The number of phenolic OH excluding ortho intramolecular Hbond substituents is 1. The van der Waals surface area contributed by atoms with Crippen LogP contribution in [-0.2, 0) is 11.3 Å². The Morgan fingerprint density at radius 2 is 1.98 bits per heavy atom. The van der Waals surface area contributed by atoms with E-state index in [-0.39, 0.29) is 81.7 Å². The highest BCUT2D eigenvalue weighted by Crippen LogP contribution is 2.49. The number of β-amino-alcohol motifs (C(OH)–C–C–N with tert-alkyl or cyclic N) is 1. The van der Waals surface area contributed by atoms with Crippen LogP contribution in [0.2, 0.25) is 0 Å². The molecule has 3 aliphatic rings. The molecule has 3 atom stereocenters. The number of hydrogen-bond donors (Lipinski definition) is 2. The Morgan fingerprint density at radius 1 is 1.13 bits per heavy atom. The summed E-state index contributed by atoms with van der Waals surface area (Å²) in [4.78, 5) is 18.5. The predicted molar refractivity (Wildman–Crippen MR) is 197 cm³/mol. The molecule has 5 heterocycles. The van der Waals surface area contributed by atoms with E-state index in [2.05, 4.69) is 30.5 Å². The number of anilines is 1. The van der Waals surface area contributed by atoms with Crippen molar-refractivity contribution in [2.75, 3.05) is 51.5 Å². The molecule has 0 spiro atoms. The molecule has 53 heavy (non-hydrogen) atoms. The van der Waals surface area contributed by atoms with Crippen molar-refractivity contribution < 1.29 is 33.2 Å². The summed E-state index contributed by atoms with van der Waals surface area (Å²) < 4.78 is 54.6. The zero-order valence-corrected chi connectivity index (χ0v) is 30.4. The van der Waals surface area contributed by atoms with Gasteiger partial charge in [0.05, 0.1) is 39.0 Å². The highest BCUT2D eigenvalue weighted by molar-refractivity contribution is 7.03. The Bertz CT molecular complexity index is 2230. The second-order valence-electron chi connectivity index (χ2n) is 14.6. The number of aromatic hydroxyl groups is 1. The van der Waals surface area contributed by atoms with Gasteiger partial charge in [-0.1, -0.05) is 18.4 Å². The SMILES string of the molecule is C#Cc1c(F)ccc2cc(O)cc(-c3nc(OC)c4c(N5CCOC[C@@](C)(O)C5)nc(OC[C@]56CCC[C@H]5N(Cc5cnsc5)CCC6)nc4c3F)c12. The molecular weight excluding hydrogens is 703 g/mol. The maximum Gasteiger partial charge on any atom is 0.319 e. The smallest absolute Gasteiger partial charge is 0.319 e. The lowest BCUT2D eigenvalue weighted by molar-refractivity contribution is -0.0123. The number of aliphatic hydroxyl groups is 1. The van der Waals surface area contributed by atoms with Crippen LogP contribution in [0, 0.1) is 29.4 Å². The summed E-state index contributed by atoms with van der Waals surface area (Å²) in [6.07, 6.45) is 12.8. The normalized spacial score (nSPS) is 23.5. The van der Waals surface area contributed by atoms with Gasteiger partial charge in [-0.2, -0.15) is 9.97 Å². The molecule has 276 valence electrons. The molecule has 14 heteroatoms. The first-order valence-electron chi connectivity index (χ1n) is 17.8. The van der Waals surface area contributed by atoms with E-state index in [1.165, 1.54) is 48.5 Å². The molecular formula is C39H40F2N6O5S. The Labute approximate surface area is 309 Å². The molecule has 0 amide bonds.